The first kappa shape index (κ1) is 9.72. The molecule has 0 fully saturated rings. The summed E-state index contributed by atoms with van der Waals surface area (Å²) in [6.07, 6.45) is 0. The molecule has 0 aromatic carbocycles. The highest BCUT2D eigenvalue weighted by molar-refractivity contribution is 7.12. The van der Waals surface area contributed by atoms with Crippen LogP contribution in [0.5, 0.6) is 0 Å². The molecular weight excluding hydrogens is 171 g/mol. The Bertz CT molecular complexity index is 261. The van der Waals surface area contributed by atoms with Crippen molar-refractivity contribution >= 4 is 11.3 Å². The Morgan fingerprint density at radius 3 is 2.00 bits per heavy atom. The molecule has 0 spiro atoms. The molecule has 0 nitrogen and oxygen atoms in total. The van der Waals surface area contributed by atoms with Crippen molar-refractivity contribution in [3.63, 3.8) is 0 Å². The van der Waals surface area contributed by atoms with Gasteiger partial charge in [0.15, 0.2) is 0 Å². The van der Waals surface area contributed by atoms with Crippen molar-refractivity contribution in [2.45, 2.75) is 39.5 Å². The van der Waals surface area contributed by atoms with Crippen LogP contribution in [0.25, 0.3) is 0 Å². The van der Waals surface area contributed by atoms with Crippen molar-refractivity contribution in [3.05, 3.63) is 21.6 Å². The fourth-order valence-electron chi connectivity index (χ4n) is 1.08. The van der Waals surface area contributed by atoms with Crippen molar-refractivity contribution in [2.75, 3.05) is 0 Å². The molecule has 68 valence electrons. The maximum atomic E-state index is 13.2. The third-order valence-corrected chi connectivity index (χ3v) is 3.54. The first-order valence-electron chi connectivity index (χ1n) is 4.31. The monoisotopic (exact) mass is 186 g/mol. The second kappa shape index (κ2) is 3.56. The van der Waals surface area contributed by atoms with Gasteiger partial charge in [-0.3, -0.25) is 0 Å². The minimum Gasteiger partial charge on any atom is -0.206 e. The summed E-state index contributed by atoms with van der Waals surface area (Å²) in [5.74, 6) is 0.721. The van der Waals surface area contributed by atoms with Gasteiger partial charge in [0.25, 0.3) is 0 Å². The number of hydrogen-bond donors (Lipinski definition) is 0. The van der Waals surface area contributed by atoms with Gasteiger partial charge >= 0.3 is 0 Å². The lowest BCUT2D eigenvalue weighted by Crippen LogP contribution is -1.83. The second-order valence-corrected chi connectivity index (χ2v) is 4.79. The first-order chi connectivity index (χ1) is 5.52. The number of halogens is 1. The number of hydrogen-bond acceptors (Lipinski definition) is 1. The summed E-state index contributed by atoms with van der Waals surface area (Å²) in [7, 11) is 0. The van der Waals surface area contributed by atoms with Gasteiger partial charge in [-0.1, -0.05) is 27.7 Å². The number of thiophene rings is 1. The van der Waals surface area contributed by atoms with Crippen LogP contribution in [0.15, 0.2) is 6.07 Å². The topological polar surface area (TPSA) is 0 Å². The highest BCUT2D eigenvalue weighted by Gasteiger charge is 2.13. The Balaban J connectivity index is 3.00. The minimum absolute atomic E-state index is 0.0290. The van der Waals surface area contributed by atoms with Crippen molar-refractivity contribution in [3.8, 4) is 0 Å². The van der Waals surface area contributed by atoms with Gasteiger partial charge in [0.05, 0.1) is 0 Å². The maximum Gasteiger partial charge on any atom is 0.137 e. The molecule has 0 N–H and O–H groups in total. The molecule has 0 amide bonds. The highest BCUT2D eigenvalue weighted by Crippen LogP contribution is 2.31. The Morgan fingerprint density at radius 1 is 1.17 bits per heavy atom. The van der Waals surface area contributed by atoms with Crippen LogP contribution in [0, 0.1) is 5.82 Å². The molecule has 0 aliphatic carbocycles. The molecule has 0 atom stereocenters. The summed E-state index contributed by atoms with van der Waals surface area (Å²) in [5, 5.41) is 0. The molecule has 0 unspecified atom stereocenters. The van der Waals surface area contributed by atoms with Gasteiger partial charge in [-0.25, -0.2) is 4.39 Å². The van der Waals surface area contributed by atoms with Crippen LogP contribution >= 0.6 is 11.3 Å². The predicted molar refractivity (Wildman–Crippen MR) is 52.5 cm³/mol. The zero-order chi connectivity index (χ0) is 9.30. The van der Waals surface area contributed by atoms with E-state index in [-0.39, 0.29) is 5.82 Å². The van der Waals surface area contributed by atoms with Crippen molar-refractivity contribution in [1.82, 2.24) is 0 Å². The molecule has 1 aromatic heterocycles. The second-order valence-electron chi connectivity index (χ2n) is 3.67. The Kier molecular flexibility index (Phi) is 2.89. The standard InChI is InChI=1S/C10H15FS/c1-6(2)9-5-8(11)10(12-9)7(3)4/h5-7H,1-4H3. The van der Waals surface area contributed by atoms with E-state index in [2.05, 4.69) is 13.8 Å². The van der Waals surface area contributed by atoms with Crippen molar-refractivity contribution in [2.24, 2.45) is 0 Å². The van der Waals surface area contributed by atoms with Crippen molar-refractivity contribution in [1.29, 1.82) is 0 Å². The Morgan fingerprint density at radius 2 is 1.75 bits per heavy atom. The van der Waals surface area contributed by atoms with E-state index in [0.717, 1.165) is 9.75 Å². The average Bonchev–Trinajstić information content (AvgIpc) is 2.30. The van der Waals surface area contributed by atoms with E-state index in [1.54, 1.807) is 17.4 Å². The van der Waals surface area contributed by atoms with E-state index in [0.29, 0.717) is 11.8 Å². The Hall–Kier alpha value is -0.370. The van der Waals surface area contributed by atoms with Crippen LogP contribution < -0.4 is 0 Å². The quantitative estimate of drug-likeness (QED) is 0.651. The van der Waals surface area contributed by atoms with Crippen LogP contribution in [-0.2, 0) is 0 Å². The molecule has 0 aliphatic heterocycles. The molecule has 0 saturated carbocycles. The van der Waals surface area contributed by atoms with Crippen LogP contribution in [0.2, 0.25) is 0 Å². The first-order valence-corrected chi connectivity index (χ1v) is 5.13. The fraction of sp³-hybridized carbons (Fsp3) is 0.600. The SMILES string of the molecule is CC(C)c1cc(F)c(C(C)C)s1. The van der Waals surface area contributed by atoms with E-state index in [4.69, 9.17) is 0 Å². The molecule has 2 heteroatoms. The number of rotatable bonds is 2. The smallest absolute Gasteiger partial charge is 0.137 e. The van der Waals surface area contributed by atoms with Gasteiger partial charge in [-0.15, -0.1) is 11.3 Å². The summed E-state index contributed by atoms with van der Waals surface area (Å²) in [5.41, 5.74) is 0. The van der Waals surface area contributed by atoms with Crippen LogP contribution in [0.4, 0.5) is 4.39 Å². The van der Waals surface area contributed by atoms with E-state index in [9.17, 15) is 4.39 Å². The maximum absolute atomic E-state index is 13.2. The molecule has 1 aromatic rings. The highest BCUT2D eigenvalue weighted by atomic mass is 32.1. The third kappa shape index (κ3) is 1.86. The predicted octanol–water partition coefficient (Wildman–Crippen LogP) is 4.13. The molecule has 1 rings (SSSR count). The van der Waals surface area contributed by atoms with Gasteiger partial charge in [0, 0.05) is 9.75 Å². The third-order valence-electron chi connectivity index (χ3n) is 1.83. The summed E-state index contributed by atoms with van der Waals surface area (Å²) in [4.78, 5) is 2.04. The van der Waals surface area contributed by atoms with E-state index in [1.807, 2.05) is 13.8 Å². The van der Waals surface area contributed by atoms with E-state index >= 15 is 0 Å². The molecular formula is C10H15FS. The van der Waals surface area contributed by atoms with E-state index in [1.165, 1.54) is 0 Å². The summed E-state index contributed by atoms with van der Waals surface area (Å²) < 4.78 is 13.2. The minimum atomic E-state index is -0.0290. The summed E-state index contributed by atoms with van der Waals surface area (Å²) in [6, 6.07) is 1.67. The fourth-order valence-corrected chi connectivity index (χ4v) is 2.12. The van der Waals surface area contributed by atoms with Gasteiger partial charge in [-0.05, 0) is 17.9 Å². The lowest BCUT2D eigenvalue weighted by molar-refractivity contribution is 0.607. The van der Waals surface area contributed by atoms with E-state index < -0.39 is 0 Å². The molecule has 12 heavy (non-hydrogen) atoms. The van der Waals surface area contributed by atoms with Crippen LogP contribution in [0.3, 0.4) is 0 Å². The lowest BCUT2D eigenvalue weighted by atomic mass is 10.1. The zero-order valence-corrected chi connectivity index (χ0v) is 8.83. The van der Waals surface area contributed by atoms with Gasteiger partial charge in [-0.2, -0.15) is 0 Å². The molecule has 0 bridgehead atoms. The largest absolute Gasteiger partial charge is 0.206 e. The van der Waals surface area contributed by atoms with Gasteiger partial charge in [0.1, 0.15) is 5.82 Å². The van der Waals surface area contributed by atoms with Gasteiger partial charge in [0.2, 0.25) is 0 Å². The molecule has 0 aliphatic rings. The summed E-state index contributed by atoms with van der Waals surface area (Å²) in [6.45, 7) is 8.24. The summed E-state index contributed by atoms with van der Waals surface area (Å²) >= 11 is 1.60. The molecule has 1 heterocycles. The molecule has 0 saturated heterocycles. The van der Waals surface area contributed by atoms with Gasteiger partial charge < -0.3 is 0 Å². The molecule has 0 radical (unpaired) electrons. The average molecular weight is 186 g/mol. The lowest BCUT2D eigenvalue weighted by Gasteiger charge is -2.00. The Labute approximate surface area is 77.4 Å². The van der Waals surface area contributed by atoms with Crippen LogP contribution in [0.1, 0.15) is 49.3 Å². The normalized spacial score (nSPS) is 11.6. The van der Waals surface area contributed by atoms with Crippen LogP contribution in [-0.4, -0.2) is 0 Å². The zero-order valence-electron chi connectivity index (χ0n) is 8.02. The van der Waals surface area contributed by atoms with Crippen molar-refractivity contribution < 1.29 is 4.39 Å².